The third-order valence-corrected chi connectivity index (χ3v) is 7.59. The molecule has 8 heteroatoms. The van der Waals surface area contributed by atoms with E-state index in [2.05, 4.69) is 36.9 Å². The van der Waals surface area contributed by atoms with Crippen LogP contribution in [0.5, 0.6) is 11.5 Å². The molecule has 0 saturated carbocycles. The summed E-state index contributed by atoms with van der Waals surface area (Å²) in [4.78, 5) is 17.9. The molecule has 0 aliphatic carbocycles. The highest BCUT2D eigenvalue weighted by Gasteiger charge is 2.36. The number of halogens is 1. The Morgan fingerprint density at radius 2 is 1.74 bits per heavy atom. The smallest absolute Gasteiger partial charge is 0.257 e. The van der Waals surface area contributed by atoms with Gasteiger partial charge >= 0.3 is 0 Å². The summed E-state index contributed by atoms with van der Waals surface area (Å²) in [6, 6.07) is 18.6. The quantitative estimate of drug-likeness (QED) is 0.432. The van der Waals surface area contributed by atoms with E-state index in [9.17, 15) is 9.18 Å². The maximum absolute atomic E-state index is 14.3. The maximum atomic E-state index is 14.3. The van der Waals surface area contributed by atoms with Gasteiger partial charge in [0.05, 0.1) is 38.2 Å². The molecule has 5 rings (SSSR count). The number of benzene rings is 3. The van der Waals surface area contributed by atoms with Crippen molar-refractivity contribution in [2.45, 2.75) is 26.3 Å². The van der Waals surface area contributed by atoms with Gasteiger partial charge in [-0.3, -0.25) is 9.69 Å². The van der Waals surface area contributed by atoms with Crippen molar-refractivity contribution in [3.63, 3.8) is 0 Å². The van der Waals surface area contributed by atoms with Gasteiger partial charge < -0.3 is 14.4 Å². The van der Waals surface area contributed by atoms with Crippen molar-refractivity contribution < 1.29 is 18.7 Å². The van der Waals surface area contributed by atoms with E-state index in [4.69, 9.17) is 14.6 Å². The molecule has 0 bridgehead atoms. The van der Waals surface area contributed by atoms with Crippen LogP contribution in [0.15, 0.2) is 65.8 Å². The van der Waals surface area contributed by atoms with Crippen LogP contribution in [-0.4, -0.2) is 68.5 Å². The fourth-order valence-electron chi connectivity index (χ4n) is 5.50. The summed E-state index contributed by atoms with van der Waals surface area (Å²) in [6.07, 6.45) is 0.583. The van der Waals surface area contributed by atoms with Crippen LogP contribution < -0.4 is 14.4 Å². The Morgan fingerprint density at radius 3 is 2.44 bits per heavy atom. The third-order valence-electron chi connectivity index (χ3n) is 7.59. The van der Waals surface area contributed by atoms with Gasteiger partial charge in [0.15, 0.2) is 0 Å². The second kappa shape index (κ2) is 11.5. The highest BCUT2D eigenvalue weighted by molar-refractivity contribution is 6.05. The number of ether oxygens (including phenoxy) is 2. The summed E-state index contributed by atoms with van der Waals surface area (Å²) in [5.41, 5.74) is 5.66. The molecule has 0 aromatic heterocycles. The Labute approximate surface area is 229 Å². The molecule has 0 spiro atoms. The number of hydrogen-bond acceptors (Lipinski definition) is 6. The Kier molecular flexibility index (Phi) is 7.84. The number of hydrazone groups is 1. The van der Waals surface area contributed by atoms with Crippen molar-refractivity contribution in [2.75, 3.05) is 51.8 Å². The number of aryl methyl sites for hydroxylation is 2. The van der Waals surface area contributed by atoms with Crippen molar-refractivity contribution >= 4 is 17.3 Å². The normalized spacial score (nSPS) is 17.8. The highest BCUT2D eigenvalue weighted by atomic mass is 19.1. The molecule has 1 fully saturated rings. The van der Waals surface area contributed by atoms with Crippen LogP contribution in [0.25, 0.3) is 0 Å². The lowest BCUT2D eigenvalue weighted by Crippen LogP contribution is -2.49. The number of methoxy groups -OCH3 is 2. The molecule has 3 aromatic carbocycles. The van der Waals surface area contributed by atoms with Crippen molar-refractivity contribution in [2.24, 2.45) is 5.10 Å². The largest absolute Gasteiger partial charge is 0.497 e. The van der Waals surface area contributed by atoms with Crippen LogP contribution in [0, 0.1) is 19.7 Å². The molecule has 2 aliphatic rings. The summed E-state index contributed by atoms with van der Waals surface area (Å²) < 4.78 is 25.3. The lowest BCUT2D eigenvalue weighted by Gasteiger charge is -2.36. The predicted octanol–water partition coefficient (Wildman–Crippen LogP) is 4.96. The van der Waals surface area contributed by atoms with Crippen LogP contribution in [0.1, 0.15) is 34.7 Å². The molecular formula is C31H35FN4O3. The van der Waals surface area contributed by atoms with E-state index in [1.54, 1.807) is 31.4 Å². The van der Waals surface area contributed by atoms with Gasteiger partial charge in [-0.05, 0) is 49.2 Å². The van der Waals surface area contributed by atoms with Gasteiger partial charge in [-0.25, -0.2) is 9.40 Å². The lowest BCUT2D eigenvalue weighted by atomic mass is 9.94. The first kappa shape index (κ1) is 26.7. The van der Waals surface area contributed by atoms with Gasteiger partial charge in [0, 0.05) is 44.2 Å². The van der Waals surface area contributed by atoms with E-state index in [0.29, 0.717) is 49.8 Å². The number of nitrogens with zero attached hydrogens (tertiary/aromatic N) is 4. The fraction of sp³-hybridized carbons (Fsp3) is 0.355. The molecule has 0 N–H and O–H groups in total. The zero-order valence-corrected chi connectivity index (χ0v) is 23.0. The molecule has 0 unspecified atom stereocenters. The minimum Gasteiger partial charge on any atom is -0.497 e. The zero-order chi connectivity index (χ0) is 27.5. The molecule has 39 heavy (non-hydrogen) atoms. The molecule has 1 saturated heterocycles. The topological polar surface area (TPSA) is 57.6 Å². The summed E-state index contributed by atoms with van der Waals surface area (Å²) in [5.74, 6) is 1.08. The average molecular weight is 531 g/mol. The van der Waals surface area contributed by atoms with Crippen LogP contribution in [0.3, 0.4) is 0 Å². The van der Waals surface area contributed by atoms with Gasteiger partial charge in [-0.1, -0.05) is 35.9 Å². The summed E-state index contributed by atoms with van der Waals surface area (Å²) in [6.45, 7) is 7.07. The van der Waals surface area contributed by atoms with Crippen molar-refractivity contribution in [1.82, 2.24) is 9.91 Å². The molecule has 2 heterocycles. The Morgan fingerprint density at radius 1 is 0.974 bits per heavy atom. The van der Waals surface area contributed by atoms with Crippen LogP contribution in [0.4, 0.5) is 10.1 Å². The van der Waals surface area contributed by atoms with Crippen molar-refractivity contribution in [3.05, 3.63) is 88.7 Å². The summed E-state index contributed by atoms with van der Waals surface area (Å²) in [5, 5.41) is 6.53. The Balaban J connectivity index is 1.37. The SMILES string of the molecule is COc1ccc(C2=NN(C(=O)CN3CCN(c4ccccc4F)CC3)[C@H](c3ccc(C)cc3C)C2)c(OC)c1. The Hall–Kier alpha value is -3.91. The van der Waals surface area contributed by atoms with E-state index in [-0.39, 0.29) is 24.3 Å². The second-order valence-electron chi connectivity index (χ2n) is 10.1. The molecule has 7 nitrogen and oxygen atoms in total. The molecular weight excluding hydrogens is 495 g/mol. The number of piperazine rings is 1. The monoisotopic (exact) mass is 530 g/mol. The molecule has 0 radical (unpaired) electrons. The van der Waals surface area contributed by atoms with Crippen LogP contribution in [0.2, 0.25) is 0 Å². The van der Waals surface area contributed by atoms with E-state index in [0.717, 1.165) is 22.4 Å². The lowest BCUT2D eigenvalue weighted by molar-refractivity contribution is -0.134. The van der Waals surface area contributed by atoms with Crippen LogP contribution >= 0.6 is 0 Å². The zero-order valence-electron chi connectivity index (χ0n) is 23.0. The molecule has 204 valence electrons. The van der Waals surface area contributed by atoms with E-state index >= 15 is 0 Å². The van der Waals surface area contributed by atoms with Gasteiger partial charge in [-0.2, -0.15) is 5.10 Å². The summed E-state index contributed by atoms with van der Waals surface area (Å²) >= 11 is 0. The standard InChI is InChI=1S/C31H35FN4O3/c1-21-9-11-24(22(2)17-21)29-19-27(25-12-10-23(38-3)18-30(25)39-4)33-36(29)31(37)20-34-13-15-35(16-14-34)28-8-6-5-7-26(28)32/h5-12,17-18,29H,13-16,19-20H2,1-4H3/t29-/m0/s1. The van der Waals surface area contributed by atoms with Gasteiger partial charge in [0.25, 0.3) is 5.91 Å². The van der Waals surface area contributed by atoms with Crippen LogP contribution in [-0.2, 0) is 4.79 Å². The van der Waals surface area contributed by atoms with Crippen molar-refractivity contribution in [3.8, 4) is 11.5 Å². The first-order valence-corrected chi connectivity index (χ1v) is 13.3. The number of para-hydroxylation sites is 1. The van der Waals surface area contributed by atoms with Gasteiger partial charge in [0.2, 0.25) is 0 Å². The number of rotatable bonds is 7. The minimum atomic E-state index is -0.216. The first-order valence-electron chi connectivity index (χ1n) is 13.3. The van der Waals surface area contributed by atoms with Gasteiger partial charge in [-0.15, -0.1) is 0 Å². The average Bonchev–Trinajstić information content (AvgIpc) is 3.38. The number of carbonyl (C=O) groups excluding carboxylic acids is 1. The number of amides is 1. The highest BCUT2D eigenvalue weighted by Crippen LogP contribution is 2.37. The van der Waals surface area contributed by atoms with Gasteiger partial charge in [0.1, 0.15) is 17.3 Å². The molecule has 1 amide bonds. The molecule has 2 aliphatic heterocycles. The Bertz CT molecular complexity index is 1380. The van der Waals surface area contributed by atoms with Crippen molar-refractivity contribution in [1.29, 1.82) is 0 Å². The maximum Gasteiger partial charge on any atom is 0.257 e. The third kappa shape index (κ3) is 5.61. The number of anilines is 1. The molecule has 3 aromatic rings. The van der Waals surface area contributed by atoms with E-state index in [1.165, 1.54) is 11.6 Å². The summed E-state index contributed by atoms with van der Waals surface area (Å²) in [7, 11) is 3.24. The van der Waals surface area contributed by atoms with E-state index in [1.807, 2.05) is 29.2 Å². The minimum absolute atomic E-state index is 0.0539. The number of carbonyl (C=O) groups is 1. The first-order chi connectivity index (χ1) is 18.9. The second-order valence-corrected chi connectivity index (χ2v) is 10.1. The predicted molar refractivity (Wildman–Crippen MR) is 151 cm³/mol. The van der Waals surface area contributed by atoms with E-state index < -0.39 is 0 Å². The fourth-order valence-corrected chi connectivity index (χ4v) is 5.50. The number of hydrogen-bond donors (Lipinski definition) is 0. The molecule has 1 atom stereocenters.